The minimum atomic E-state index is -0.695. The maximum absolute atomic E-state index is 10.6. The van der Waals surface area contributed by atoms with E-state index in [0.29, 0.717) is 5.92 Å². The predicted octanol–water partition coefficient (Wildman–Crippen LogP) is 3.45. The molecular weight excluding hydrogens is 216 g/mol. The topological polar surface area (TPSA) is 57.5 Å². The maximum atomic E-state index is 10.6. The molecule has 0 saturated heterocycles. The summed E-state index contributed by atoms with van der Waals surface area (Å²) in [6.07, 6.45) is 5.83. The predicted molar refractivity (Wildman–Crippen MR) is 70.0 cm³/mol. The van der Waals surface area contributed by atoms with E-state index in [0.717, 1.165) is 38.5 Å². The van der Waals surface area contributed by atoms with Gasteiger partial charge in [0.15, 0.2) is 0 Å². The average molecular weight is 244 g/mol. The van der Waals surface area contributed by atoms with E-state index in [2.05, 4.69) is 6.92 Å². The van der Waals surface area contributed by atoms with Gasteiger partial charge in [0.25, 0.3) is 0 Å². The van der Waals surface area contributed by atoms with Crippen molar-refractivity contribution in [1.29, 1.82) is 0 Å². The normalized spacial score (nSPS) is 15.6. The molecule has 3 heteroatoms. The van der Waals surface area contributed by atoms with Crippen molar-refractivity contribution < 1.29 is 15.0 Å². The monoisotopic (exact) mass is 244 g/mol. The molecule has 3 nitrogen and oxygen atoms in total. The fourth-order valence-electron chi connectivity index (χ4n) is 1.92. The van der Waals surface area contributed by atoms with Gasteiger partial charge in [-0.05, 0) is 32.6 Å². The first-order valence-corrected chi connectivity index (χ1v) is 6.67. The largest absolute Gasteiger partial charge is 0.481 e. The fourth-order valence-corrected chi connectivity index (χ4v) is 1.92. The Balaban J connectivity index is 3.53. The van der Waals surface area contributed by atoms with E-state index < -0.39 is 11.6 Å². The molecule has 0 bridgehead atoms. The summed E-state index contributed by atoms with van der Waals surface area (Å²) in [6, 6.07) is 0. The van der Waals surface area contributed by atoms with Crippen molar-refractivity contribution in [2.24, 2.45) is 11.8 Å². The molecule has 0 aliphatic rings. The van der Waals surface area contributed by atoms with Crippen LogP contribution in [0.2, 0.25) is 0 Å². The highest BCUT2D eigenvalue weighted by Crippen LogP contribution is 2.20. The Kier molecular flexibility index (Phi) is 7.44. The molecular formula is C14H28O3. The Morgan fingerprint density at radius 3 is 2.12 bits per heavy atom. The summed E-state index contributed by atoms with van der Waals surface area (Å²) >= 11 is 0. The van der Waals surface area contributed by atoms with Crippen LogP contribution in [0.5, 0.6) is 0 Å². The SMILES string of the molecule is CC(CCCC(C)C(=O)O)CCCC(C)(C)O. The Labute approximate surface area is 105 Å². The lowest BCUT2D eigenvalue weighted by Gasteiger charge is -2.18. The molecule has 2 N–H and O–H groups in total. The van der Waals surface area contributed by atoms with Crippen LogP contribution in [0, 0.1) is 11.8 Å². The van der Waals surface area contributed by atoms with E-state index in [-0.39, 0.29) is 5.92 Å². The molecule has 0 aliphatic heterocycles. The van der Waals surface area contributed by atoms with Crippen LogP contribution in [-0.4, -0.2) is 21.8 Å². The van der Waals surface area contributed by atoms with Crippen LogP contribution in [0.25, 0.3) is 0 Å². The number of rotatable bonds is 9. The van der Waals surface area contributed by atoms with Crippen LogP contribution in [0.4, 0.5) is 0 Å². The molecule has 0 aromatic carbocycles. The van der Waals surface area contributed by atoms with Crippen molar-refractivity contribution in [1.82, 2.24) is 0 Å². The van der Waals surface area contributed by atoms with Crippen molar-refractivity contribution in [3.8, 4) is 0 Å². The standard InChI is InChI=1S/C14H28O3/c1-11(8-6-10-14(3,4)17)7-5-9-12(2)13(15)16/h11-12,17H,5-10H2,1-4H3,(H,15,16). The summed E-state index contributed by atoms with van der Waals surface area (Å²) in [4.78, 5) is 10.6. The van der Waals surface area contributed by atoms with Gasteiger partial charge in [0.1, 0.15) is 0 Å². The Morgan fingerprint density at radius 2 is 1.65 bits per heavy atom. The summed E-state index contributed by atoms with van der Waals surface area (Å²) < 4.78 is 0. The first kappa shape index (κ1) is 16.4. The molecule has 0 spiro atoms. The second kappa shape index (κ2) is 7.70. The van der Waals surface area contributed by atoms with E-state index in [9.17, 15) is 9.90 Å². The number of aliphatic carboxylic acids is 1. The molecule has 0 saturated carbocycles. The average Bonchev–Trinajstić information content (AvgIpc) is 2.15. The summed E-state index contributed by atoms with van der Waals surface area (Å²) in [5.41, 5.74) is -0.558. The molecule has 102 valence electrons. The minimum Gasteiger partial charge on any atom is -0.481 e. The molecule has 0 aliphatic carbocycles. The molecule has 2 unspecified atom stereocenters. The lowest BCUT2D eigenvalue weighted by atomic mass is 9.92. The zero-order valence-electron chi connectivity index (χ0n) is 11.7. The lowest BCUT2D eigenvalue weighted by molar-refractivity contribution is -0.141. The third kappa shape index (κ3) is 10.3. The summed E-state index contributed by atoms with van der Waals surface area (Å²) in [5.74, 6) is -0.295. The molecule has 0 aromatic rings. The molecule has 0 heterocycles. The first-order chi connectivity index (χ1) is 7.72. The molecule has 0 aromatic heterocycles. The number of carboxylic acids is 1. The highest BCUT2D eigenvalue weighted by Gasteiger charge is 2.14. The lowest BCUT2D eigenvalue weighted by Crippen LogP contribution is -2.18. The van der Waals surface area contributed by atoms with Crippen molar-refractivity contribution in [3.05, 3.63) is 0 Å². The molecule has 0 rings (SSSR count). The van der Waals surface area contributed by atoms with Gasteiger partial charge in [0, 0.05) is 0 Å². The van der Waals surface area contributed by atoms with E-state index in [1.54, 1.807) is 6.92 Å². The Morgan fingerprint density at radius 1 is 1.12 bits per heavy atom. The summed E-state index contributed by atoms with van der Waals surface area (Å²) in [7, 11) is 0. The maximum Gasteiger partial charge on any atom is 0.306 e. The van der Waals surface area contributed by atoms with Crippen LogP contribution < -0.4 is 0 Å². The fraction of sp³-hybridized carbons (Fsp3) is 0.929. The van der Waals surface area contributed by atoms with Gasteiger partial charge in [0.2, 0.25) is 0 Å². The van der Waals surface area contributed by atoms with Crippen molar-refractivity contribution in [2.45, 2.75) is 71.8 Å². The van der Waals surface area contributed by atoms with Gasteiger partial charge in [-0.1, -0.05) is 39.5 Å². The van der Waals surface area contributed by atoms with Crippen LogP contribution in [-0.2, 0) is 4.79 Å². The zero-order valence-corrected chi connectivity index (χ0v) is 11.7. The molecule has 0 radical (unpaired) electrons. The van der Waals surface area contributed by atoms with Crippen LogP contribution >= 0.6 is 0 Å². The van der Waals surface area contributed by atoms with Gasteiger partial charge < -0.3 is 10.2 Å². The smallest absolute Gasteiger partial charge is 0.306 e. The number of carbonyl (C=O) groups is 1. The van der Waals surface area contributed by atoms with E-state index in [1.165, 1.54) is 0 Å². The van der Waals surface area contributed by atoms with Gasteiger partial charge in [0.05, 0.1) is 11.5 Å². The first-order valence-electron chi connectivity index (χ1n) is 6.67. The van der Waals surface area contributed by atoms with E-state index in [4.69, 9.17) is 5.11 Å². The quantitative estimate of drug-likeness (QED) is 0.653. The second-order valence-corrected chi connectivity index (χ2v) is 5.98. The van der Waals surface area contributed by atoms with Crippen LogP contribution in [0.15, 0.2) is 0 Å². The van der Waals surface area contributed by atoms with Gasteiger partial charge >= 0.3 is 5.97 Å². The van der Waals surface area contributed by atoms with Crippen LogP contribution in [0.3, 0.4) is 0 Å². The third-order valence-corrected chi connectivity index (χ3v) is 3.24. The van der Waals surface area contributed by atoms with Crippen molar-refractivity contribution >= 4 is 5.97 Å². The zero-order chi connectivity index (χ0) is 13.5. The van der Waals surface area contributed by atoms with Gasteiger partial charge in [-0.25, -0.2) is 0 Å². The molecule has 17 heavy (non-hydrogen) atoms. The Bertz CT molecular complexity index is 218. The Hall–Kier alpha value is -0.570. The second-order valence-electron chi connectivity index (χ2n) is 5.98. The van der Waals surface area contributed by atoms with Crippen molar-refractivity contribution in [2.75, 3.05) is 0 Å². The van der Waals surface area contributed by atoms with Gasteiger partial charge in [-0.2, -0.15) is 0 Å². The number of carboxylic acid groups (broad SMARTS) is 1. The highest BCUT2D eigenvalue weighted by molar-refractivity contribution is 5.69. The summed E-state index contributed by atoms with van der Waals surface area (Å²) in [5, 5.41) is 18.3. The van der Waals surface area contributed by atoms with Gasteiger partial charge in [-0.15, -0.1) is 0 Å². The summed E-state index contributed by atoms with van der Waals surface area (Å²) in [6.45, 7) is 7.65. The van der Waals surface area contributed by atoms with E-state index >= 15 is 0 Å². The van der Waals surface area contributed by atoms with Gasteiger partial charge in [-0.3, -0.25) is 4.79 Å². The molecule has 0 fully saturated rings. The minimum absolute atomic E-state index is 0.224. The van der Waals surface area contributed by atoms with Crippen LogP contribution in [0.1, 0.15) is 66.2 Å². The molecule has 2 atom stereocenters. The third-order valence-electron chi connectivity index (χ3n) is 3.24. The number of hydrogen-bond donors (Lipinski definition) is 2. The number of aliphatic hydroxyl groups is 1. The number of hydrogen-bond acceptors (Lipinski definition) is 2. The molecule has 0 amide bonds. The van der Waals surface area contributed by atoms with E-state index in [1.807, 2.05) is 13.8 Å². The van der Waals surface area contributed by atoms with Crippen molar-refractivity contribution in [3.63, 3.8) is 0 Å². The highest BCUT2D eigenvalue weighted by atomic mass is 16.4.